The molecule has 1 aromatic heterocycles. The van der Waals surface area contributed by atoms with E-state index in [9.17, 15) is 9.59 Å². The van der Waals surface area contributed by atoms with Crippen LogP contribution in [0, 0.1) is 0 Å². The van der Waals surface area contributed by atoms with Crippen molar-refractivity contribution in [1.82, 2.24) is 0 Å². The van der Waals surface area contributed by atoms with Crippen molar-refractivity contribution in [2.45, 2.75) is 6.92 Å². The number of anilines is 1. The maximum Gasteiger partial charge on any atom is 0.344 e. The molecule has 0 saturated heterocycles. The van der Waals surface area contributed by atoms with Gasteiger partial charge in [0.15, 0.2) is 5.76 Å². The third kappa shape index (κ3) is 3.08. The fourth-order valence-electron chi connectivity index (χ4n) is 2.28. The van der Waals surface area contributed by atoms with Gasteiger partial charge in [0.2, 0.25) is 0 Å². The number of para-hydroxylation sites is 2. The fourth-order valence-corrected chi connectivity index (χ4v) is 2.28. The molecular formula is C18H15NO4. The Morgan fingerprint density at radius 3 is 2.70 bits per heavy atom. The Hall–Kier alpha value is -3.08. The molecule has 1 amide bonds. The van der Waals surface area contributed by atoms with E-state index in [0.29, 0.717) is 28.8 Å². The molecule has 0 bridgehead atoms. The summed E-state index contributed by atoms with van der Waals surface area (Å²) >= 11 is 0. The summed E-state index contributed by atoms with van der Waals surface area (Å²) in [7, 11) is 0. The van der Waals surface area contributed by atoms with Crippen molar-refractivity contribution in [1.29, 1.82) is 0 Å². The van der Waals surface area contributed by atoms with Gasteiger partial charge in [0.25, 0.3) is 5.91 Å². The van der Waals surface area contributed by atoms with E-state index in [2.05, 4.69) is 5.32 Å². The molecular weight excluding hydrogens is 294 g/mol. The number of nitrogens with one attached hydrogen (secondary N) is 1. The second kappa shape index (κ2) is 6.36. The van der Waals surface area contributed by atoms with E-state index < -0.39 is 11.5 Å². The maximum absolute atomic E-state index is 12.4. The lowest BCUT2D eigenvalue weighted by molar-refractivity contribution is 0.0992. The summed E-state index contributed by atoms with van der Waals surface area (Å²) < 4.78 is 10.6. The van der Waals surface area contributed by atoms with Crippen LogP contribution in [0.15, 0.2) is 63.8 Å². The number of fused-ring (bicyclic) bond motifs is 1. The maximum atomic E-state index is 12.4. The number of amides is 1. The van der Waals surface area contributed by atoms with Gasteiger partial charge >= 0.3 is 5.63 Å². The standard InChI is InChI=1S/C18H15NO4/c1-2-22-15-10-6-5-9-14(15)19-17(20)16-11-12-7-3-4-8-13(12)18(21)23-16/h3-11H,2H2,1H3,(H,19,20). The summed E-state index contributed by atoms with van der Waals surface area (Å²) in [4.78, 5) is 24.3. The quantitative estimate of drug-likeness (QED) is 0.801. The Morgan fingerprint density at radius 2 is 1.87 bits per heavy atom. The van der Waals surface area contributed by atoms with Gasteiger partial charge in [-0.25, -0.2) is 4.79 Å². The van der Waals surface area contributed by atoms with Gasteiger partial charge in [-0.2, -0.15) is 0 Å². The molecule has 0 aliphatic carbocycles. The van der Waals surface area contributed by atoms with Crippen LogP contribution in [0.1, 0.15) is 17.5 Å². The molecule has 116 valence electrons. The molecule has 3 rings (SSSR count). The molecule has 1 heterocycles. The molecule has 0 fully saturated rings. The Balaban J connectivity index is 1.94. The topological polar surface area (TPSA) is 68.5 Å². The smallest absolute Gasteiger partial charge is 0.344 e. The average molecular weight is 309 g/mol. The first kappa shape index (κ1) is 14.8. The van der Waals surface area contributed by atoms with Crippen molar-refractivity contribution in [3.63, 3.8) is 0 Å². The largest absolute Gasteiger partial charge is 0.492 e. The molecule has 3 aromatic rings. The van der Waals surface area contributed by atoms with Crippen LogP contribution in [0.3, 0.4) is 0 Å². The molecule has 0 saturated carbocycles. The van der Waals surface area contributed by atoms with Crippen LogP contribution in [-0.2, 0) is 0 Å². The second-order valence-corrected chi connectivity index (χ2v) is 4.87. The van der Waals surface area contributed by atoms with Crippen LogP contribution in [0.25, 0.3) is 10.8 Å². The van der Waals surface area contributed by atoms with Crippen LogP contribution in [-0.4, -0.2) is 12.5 Å². The summed E-state index contributed by atoms with van der Waals surface area (Å²) in [5.74, 6) is 0.0199. The van der Waals surface area contributed by atoms with Gasteiger partial charge in [0, 0.05) is 0 Å². The van der Waals surface area contributed by atoms with Crippen molar-refractivity contribution in [2.24, 2.45) is 0 Å². The second-order valence-electron chi connectivity index (χ2n) is 4.87. The van der Waals surface area contributed by atoms with Gasteiger partial charge in [-0.1, -0.05) is 30.3 Å². The zero-order chi connectivity index (χ0) is 16.2. The predicted octanol–water partition coefficient (Wildman–Crippen LogP) is 3.44. The summed E-state index contributed by atoms with van der Waals surface area (Å²) in [6, 6.07) is 15.6. The van der Waals surface area contributed by atoms with Crippen LogP contribution in [0.4, 0.5) is 5.69 Å². The molecule has 0 unspecified atom stereocenters. The minimum Gasteiger partial charge on any atom is -0.492 e. The molecule has 5 heteroatoms. The number of hydrogen-bond acceptors (Lipinski definition) is 4. The highest BCUT2D eigenvalue weighted by Gasteiger charge is 2.14. The van der Waals surface area contributed by atoms with Crippen LogP contribution in [0.5, 0.6) is 5.75 Å². The van der Waals surface area contributed by atoms with Gasteiger partial charge < -0.3 is 14.5 Å². The Morgan fingerprint density at radius 1 is 1.13 bits per heavy atom. The monoisotopic (exact) mass is 309 g/mol. The summed E-state index contributed by atoms with van der Waals surface area (Å²) in [5.41, 5.74) is -0.0125. The lowest BCUT2D eigenvalue weighted by atomic mass is 10.1. The zero-order valence-corrected chi connectivity index (χ0v) is 12.5. The SMILES string of the molecule is CCOc1ccccc1NC(=O)c1cc2ccccc2c(=O)o1. The van der Waals surface area contributed by atoms with E-state index in [-0.39, 0.29) is 5.76 Å². The van der Waals surface area contributed by atoms with Crippen molar-refractivity contribution >= 4 is 22.4 Å². The summed E-state index contributed by atoms with van der Waals surface area (Å²) in [6.07, 6.45) is 0. The normalized spacial score (nSPS) is 10.5. The van der Waals surface area contributed by atoms with Crippen molar-refractivity contribution in [2.75, 3.05) is 11.9 Å². The number of carbonyl (C=O) groups excluding carboxylic acids is 1. The summed E-state index contributed by atoms with van der Waals surface area (Å²) in [5, 5.41) is 3.81. The molecule has 0 aliphatic heterocycles. The molecule has 2 aromatic carbocycles. The number of carbonyl (C=O) groups is 1. The number of ether oxygens (including phenoxy) is 1. The lowest BCUT2D eigenvalue weighted by Crippen LogP contribution is -2.15. The van der Waals surface area contributed by atoms with Crippen LogP contribution in [0.2, 0.25) is 0 Å². The third-order valence-corrected chi connectivity index (χ3v) is 3.33. The van der Waals surface area contributed by atoms with E-state index in [1.54, 1.807) is 48.5 Å². The van der Waals surface area contributed by atoms with E-state index in [1.165, 1.54) is 0 Å². The number of rotatable bonds is 4. The number of hydrogen-bond donors (Lipinski definition) is 1. The first-order valence-electron chi connectivity index (χ1n) is 7.25. The molecule has 0 atom stereocenters. The minimum absolute atomic E-state index is 0.0417. The Kier molecular flexibility index (Phi) is 4.10. The van der Waals surface area contributed by atoms with E-state index in [0.717, 1.165) is 0 Å². The van der Waals surface area contributed by atoms with Crippen LogP contribution < -0.4 is 15.7 Å². The van der Waals surface area contributed by atoms with Gasteiger partial charge in [-0.3, -0.25) is 4.79 Å². The van der Waals surface area contributed by atoms with Gasteiger partial charge in [-0.05, 0) is 36.6 Å². The zero-order valence-electron chi connectivity index (χ0n) is 12.5. The number of benzene rings is 2. The van der Waals surface area contributed by atoms with Gasteiger partial charge in [0.05, 0.1) is 17.7 Å². The average Bonchev–Trinajstić information content (AvgIpc) is 2.57. The van der Waals surface area contributed by atoms with E-state index in [1.807, 2.05) is 13.0 Å². The third-order valence-electron chi connectivity index (χ3n) is 3.33. The van der Waals surface area contributed by atoms with E-state index in [4.69, 9.17) is 9.15 Å². The molecule has 1 N–H and O–H groups in total. The van der Waals surface area contributed by atoms with E-state index >= 15 is 0 Å². The Bertz CT molecular complexity index is 914. The van der Waals surface area contributed by atoms with Crippen molar-refractivity contribution in [3.05, 3.63) is 70.8 Å². The highest BCUT2D eigenvalue weighted by Crippen LogP contribution is 2.24. The molecule has 0 spiro atoms. The molecule has 5 nitrogen and oxygen atoms in total. The van der Waals surface area contributed by atoms with Crippen molar-refractivity contribution in [3.8, 4) is 5.75 Å². The molecule has 0 aliphatic rings. The van der Waals surface area contributed by atoms with Gasteiger partial charge in [-0.15, -0.1) is 0 Å². The summed E-state index contributed by atoms with van der Waals surface area (Å²) in [6.45, 7) is 2.35. The van der Waals surface area contributed by atoms with Crippen LogP contribution >= 0.6 is 0 Å². The predicted molar refractivity (Wildman–Crippen MR) is 88.0 cm³/mol. The lowest BCUT2D eigenvalue weighted by Gasteiger charge is -2.10. The Labute approximate surface area is 132 Å². The molecule has 23 heavy (non-hydrogen) atoms. The minimum atomic E-state index is -0.536. The first-order chi connectivity index (χ1) is 11.2. The van der Waals surface area contributed by atoms with Crippen molar-refractivity contribution < 1.29 is 13.9 Å². The van der Waals surface area contributed by atoms with Gasteiger partial charge in [0.1, 0.15) is 5.75 Å². The highest BCUT2D eigenvalue weighted by atomic mass is 16.5. The molecule has 0 radical (unpaired) electrons. The first-order valence-corrected chi connectivity index (χ1v) is 7.25. The fraction of sp³-hybridized carbons (Fsp3) is 0.111. The highest BCUT2D eigenvalue weighted by molar-refractivity contribution is 6.04.